The van der Waals surface area contributed by atoms with E-state index in [0.717, 1.165) is 12.3 Å². The molecule has 0 radical (unpaired) electrons. The second-order valence-corrected chi connectivity index (χ2v) is 8.78. The van der Waals surface area contributed by atoms with Gasteiger partial charge in [-0.25, -0.2) is 21.9 Å². The van der Waals surface area contributed by atoms with Crippen LogP contribution in [-0.2, 0) is 14.8 Å². The first-order chi connectivity index (χ1) is 13.2. The van der Waals surface area contributed by atoms with E-state index in [9.17, 15) is 22.0 Å². The zero-order valence-corrected chi connectivity index (χ0v) is 16.3. The van der Waals surface area contributed by atoms with Gasteiger partial charge in [0.05, 0.1) is 11.1 Å². The molecule has 0 aliphatic heterocycles. The zero-order valence-electron chi connectivity index (χ0n) is 15.5. The van der Waals surface area contributed by atoms with E-state index in [0.29, 0.717) is 24.8 Å². The number of rotatable bonds is 5. The molecule has 1 aliphatic carbocycles. The van der Waals surface area contributed by atoms with E-state index in [2.05, 4.69) is 9.71 Å². The lowest BCUT2D eigenvalue weighted by molar-refractivity contribution is -0.132. The van der Waals surface area contributed by atoms with Gasteiger partial charge in [-0.3, -0.25) is 9.78 Å². The van der Waals surface area contributed by atoms with E-state index in [-0.39, 0.29) is 28.5 Å². The molecule has 2 aromatic rings. The SMILES string of the molecule is CN(C)C(=O)[C@@H]1CC[C@H](NS(=O)(=O)c2ccc(-c3ncc(F)cc3F)cc2)C1. The second kappa shape index (κ2) is 7.92. The molecule has 2 atom stereocenters. The fourth-order valence-corrected chi connectivity index (χ4v) is 4.67. The quantitative estimate of drug-likeness (QED) is 0.823. The molecule has 6 nitrogen and oxygen atoms in total. The van der Waals surface area contributed by atoms with E-state index in [4.69, 9.17) is 0 Å². The molecule has 9 heteroatoms. The summed E-state index contributed by atoms with van der Waals surface area (Å²) in [6.07, 6.45) is 2.58. The molecule has 1 heterocycles. The van der Waals surface area contributed by atoms with Gasteiger partial charge in [-0.05, 0) is 31.4 Å². The summed E-state index contributed by atoms with van der Waals surface area (Å²) in [6.45, 7) is 0. The molecule has 0 spiro atoms. The summed E-state index contributed by atoms with van der Waals surface area (Å²) in [7, 11) is -0.416. The number of hydrogen-bond acceptors (Lipinski definition) is 4. The molecule has 1 amide bonds. The van der Waals surface area contributed by atoms with Gasteiger partial charge in [0.1, 0.15) is 11.5 Å². The maximum atomic E-state index is 13.8. The van der Waals surface area contributed by atoms with Crippen LogP contribution in [0.4, 0.5) is 8.78 Å². The van der Waals surface area contributed by atoms with Gasteiger partial charge in [0.25, 0.3) is 0 Å². The predicted octanol–water partition coefficient (Wildman–Crippen LogP) is 2.56. The summed E-state index contributed by atoms with van der Waals surface area (Å²) >= 11 is 0. The molecule has 1 aliphatic rings. The number of nitrogens with zero attached hydrogens (tertiary/aromatic N) is 2. The van der Waals surface area contributed by atoms with E-state index in [1.807, 2.05) is 0 Å². The van der Waals surface area contributed by atoms with Crippen LogP contribution in [0, 0.1) is 17.6 Å². The molecule has 0 unspecified atom stereocenters. The third-order valence-corrected chi connectivity index (χ3v) is 6.33. The summed E-state index contributed by atoms with van der Waals surface area (Å²) in [5, 5.41) is 0. The average Bonchev–Trinajstić information content (AvgIpc) is 3.08. The third-order valence-electron chi connectivity index (χ3n) is 4.79. The largest absolute Gasteiger partial charge is 0.349 e. The normalized spacial score (nSPS) is 19.6. The molecule has 0 saturated heterocycles. The van der Waals surface area contributed by atoms with Gasteiger partial charge in [0.15, 0.2) is 5.82 Å². The number of aromatic nitrogens is 1. The number of pyridine rings is 1. The number of carbonyl (C=O) groups excluding carboxylic acids is 1. The van der Waals surface area contributed by atoms with Crippen molar-refractivity contribution in [3.05, 3.63) is 48.2 Å². The maximum Gasteiger partial charge on any atom is 0.240 e. The fraction of sp³-hybridized carbons (Fsp3) is 0.368. The van der Waals surface area contributed by atoms with Gasteiger partial charge in [-0.1, -0.05) is 12.1 Å². The number of amides is 1. The minimum atomic E-state index is -3.78. The van der Waals surface area contributed by atoms with E-state index in [1.165, 1.54) is 29.2 Å². The van der Waals surface area contributed by atoms with Crippen LogP contribution in [0.2, 0.25) is 0 Å². The Morgan fingerprint density at radius 3 is 2.46 bits per heavy atom. The highest BCUT2D eigenvalue weighted by Crippen LogP contribution is 2.28. The molecule has 1 aromatic carbocycles. The summed E-state index contributed by atoms with van der Waals surface area (Å²) in [5.74, 6) is -1.79. The second-order valence-electron chi connectivity index (χ2n) is 7.07. The third kappa shape index (κ3) is 4.36. The van der Waals surface area contributed by atoms with Crippen LogP contribution in [-0.4, -0.2) is 44.3 Å². The molecule has 1 fully saturated rings. The van der Waals surface area contributed by atoms with Crippen molar-refractivity contribution < 1.29 is 22.0 Å². The predicted molar refractivity (Wildman–Crippen MR) is 99.7 cm³/mol. The molecule has 1 saturated carbocycles. The minimum absolute atomic E-state index is 0.000115. The number of hydrogen-bond donors (Lipinski definition) is 1. The standard InChI is InChI=1S/C19H21F2N3O3S/c1-24(2)19(25)13-3-6-15(9-13)23-28(26,27)16-7-4-12(5-8-16)18-17(21)10-14(20)11-22-18/h4-5,7-8,10-11,13,15,23H,3,6,9H2,1-2H3/t13-,15+/m1/s1. The number of sulfonamides is 1. The van der Waals surface area contributed by atoms with Crippen LogP contribution >= 0.6 is 0 Å². The van der Waals surface area contributed by atoms with Gasteiger partial charge in [0.2, 0.25) is 15.9 Å². The Balaban J connectivity index is 1.72. The fourth-order valence-electron chi connectivity index (χ4n) is 3.38. The van der Waals surface area contributed by atoms with Gasteiger partial charge < -0.3 is 4.90 Å². The van der Waals surface area contributed by atoms with Crippen molar-refractivity contribution in [1.29, 1.82) is 0 Å². The number of benzene rings is 1. The van der Waals surface area contributed by atoms with Crippen molar-refractivity contribution in [2.24, 2.45) is 5.92 Å². The highest BCUT2D eigenvalue weighted by molar-refractivity contribution is 7.89. The summed E-state index contributed by atoms with van der Waals surface area (Å²) in [5.41, 5.74) is 0.285. The van der Waals surface area contributed by atoms with Crippen LogP contribution in [0.25, 0.3) is 11.3 Å². The van der Waals surface area contributed by atoms with Crippen LogP contribution in [0.15, 0.2) is 41.4 Å². The highest BCUT2D eigenvalue weighted by atomic mass is 32.2. The molecule has 0 bridgehead atoms. The van der Waals surface area contributed by atoms with E-state index >= 15 is 0 Å². The number of carbonyl (C=O) groups is 1. The molecular formula is C19H21F2N3O3S. The zero-order chi connectivity index (χ0) is 20.5. The maximum absolute atomic E-state index is 13.8. The molecule has 1 aromatic heterocycles. The molecule has 3 rings (SSSR count). The molecule has 150 valence electrons. The van der Waals surface area contributed by atoms with Crippen molar-refractivity contribution in [2.75, 3.05) is 14.1 Å². The smallest absolute Gasteiger partial charge is 0.240 e. The lowest BCUT2D eigenvalue weighted by Gasteiger charge is -2.17. The Bertz CT molecular complexity index is 978. The molecule has 1 N–H and O–H groups in total. The van der Waals surface area contributed by atoms with Crippen LogP contribution in [0.1, 0.15) is 19.3 Å². The monoisotopic (exact) mass is 409 g/mol. The van der Waals surface area contributed by atoms with Crippen molar-refractivity contribution >= 4 is 15.9 Å². The topological polar surface area (TPSA) is 79.4 Å². The Kier molecular flexibility index (Phi) is 5.76. The van der Waals surface area contributed by atoms with Crippen LogP contribution in [0.3, 0.4) is 0 Å². The summed E-state index contributed by atoms with van der Waals surface area (Å²) in [6, 6.07) is 5.95. The van der Waals surface area contributed by atoms with E-state index < -0.39 is 21.7 Å². The lowest BCUT2D eigenvalue weighted by atomic mass is 10.1. The Hall–Kier alpha value is -2.39. The first-order valence-corrected chi connectivity index (χ1v) is 10.3. The minimum Gasteiger partial charge on any atom is -0.349 e. The summed E-state index contributed by atoms with van der Waals surface area (Å²) < 4.78 is 54.7. The Morgan fingerprint density at radius 1 is 1.18 bits per heavy atom. The van der Waals surface area contributed by atoms with Crippen molar-refractivity contribution in [2.45, 2.75) is 30.2 Å². The van der Waals surface area contributed by atoms with Crippen LogP contribution < -0.4 is 4.72 Å². The summed E-state index contributed by atoms with van der Waals surface area (Å²) in [4.78, 5) is 17.3. The molecular weight excluding hydrogens is 388 g/mol. The first-order valence-electron chi connectivity index (χ1n) is 8.82. The Morgan fingerprint density at radius 2 is 1.86 bits per heavy atom. The first kappa shape index (κ1) is 20.3. The number of halogens is 2. The Labute approximate surface area is 162 Å². The van der Waals surface area contributed by atoms with Gasteiger partial charge in [0, 0.05) is 37.7 Å². The average molecular weight is 409 g/mol. The van der Waals surface area contributed by atoms with E-state index in [1.54, 1.807) is 14.1 Å². The van der Waals surface area contributed by atoms with Crippen molar-refractivity contribution in [1.82, 2.24) is 14.6 Å². The van der Waals surface area contributed by atoms with Crippen molar-refractivity contribution in [3.63, 3.8) is 0 Å². The highest BCUT2D eigenvalue weighted by Gasteiger charge is 2.33. The lowest BCUT2D eigenvalue weighted by Crippen LogP contribution is -2.34. The van der Waals surface area contributed by atoms with Gasteiger partial charge >= 0.3 is 0 Å². The number of nitrogens with one attached hydrogen (secondary N) is 1. The van der Waals surface area contributed by atoms with Gasteiger partial charge in [-0.15, -0.1) is 0 Å². The van der Waals surface area contributed by atoms with Crippen molar-refractivity contribution in [3.8, 4) is 11.3 Å². The van der Waals surface area contributed by atoms with Gasteiger partial charge in [-0.2, -0.15) is 0 Å². The van der Waals surface area contributed by atoms with Crippen LogP contribution in [0.5, 0.6) is 0 Å². The molecule has 28 heavy (non-hydrogen) atoms.